The molecule has 0 heterocycles. The molecule has 0 aliphatic rings. The molecule has 0 aliphatic carbocycles. The van der Waals surface area contributed by atoms with E-state index in [-0.39, 0.29) is 5.91 Å². The van der Waals surface area contributed by atoms with E-state index in [1.807, 2.05) is 12.1 Å². The molecule has 2 aromatic rings. The third kappa shape index (κ3) is 4.07. The van der Waals surface area contributed by atoms with Crippen molar-refractivity contribution in [3.8, 4) is 0 Å². The van der Waals surface area contributed by atoms with Crippen molar-refractivity contribution < 1.29 is 9.59 Å². The summed E-state index contributed by atoms with van der Waals surface area (Å²) in [6.45, 7) is 0. The first kappa shape index (κ1) is 14.6. The summed E-state index contributed by atoms with van der Waals surface area (Å²) in [4.78, 5) is 23.2. The van der Waals surface area contributed by atoms with Crippen molar-refractivity contribution in [2.75, 3.05) is 11.1 Å². The van der Waals surface area contributed by atoms with Gasteiger partial charge in [-0.25, -0.2) is 0 Å². The lowest BCUT2D eigenvalue weighted by atomic mass is 10.1. The van der Waals surface area contributed by atoms with E-state index in [4.69, 9.17) is 11.5 Å². The molecule has 0 saturated heterocycles. The van der Waals surface area contributed by atoms with E-state index in [1.54, 1.807) is 36.4 Å². The molecule has 2 aromatic carbocycles. The Morgan fingerprint density at radius 1 is 1.00 bits per heavy atom. The van der Waals surface area contributed by atoms with Crippen molar-refractivity contribution in [3.05, 3.63) is 59.7 Å². The zero-order chi connectivity index (χ0) is 15.2. The maximum atomic E-state index is 11.9. The highest BCUT2D eigenvalue weighted by atomic mass is 16.2. The monoisotopic (exact) mass is 283 g/mol. The number of aryl methyl sites for hydroxylation is 1. The molecule has 0 aliphatic heterocycles. The second kappa shape index (κ2) is 6.56. The van der Waals surface area contributed by atoms with Crippen LogP contribution in [0.15, 0.2) is 48.5 Å². The van der Waals surface area contributed by atoms with Crippen molar-refractivity contribution in [2.45, 2.75) is 12.8 Å². The summed E-state index contributed by atoms with van der Waals surface area (Å²) in [6.07, 6.45) is 0.919. The van der Waals surface area contributed by atoms with Crippen LogP contribution >= 0.6 is 0 Å². The standard InChI is InChI=1S/C16H17N3O2/c17-12-8-5-11(6-9-12)7-10-15(20)19-14-4-2-1-3-13(14)16(18)21/h1-6,8-9H,7,10,17H2,(H2,18,21)(H,19,20). The summed E-state index contributed by atoms with van der Waals surface area (Å²) < 4.78 is 0. The Hall–Kier alpha value is -2.82. The van der Waals surface area contributed by atoms with Gasteiger partial charge in [0.25, 0.3) is 5.91 Å². The van der Waals surface area contributed by atoms with Crippen LogP contribution in [0.1, 0.15) is 22.3 Å². The van der Waals surface area contributed by atoms with Crippen LogP contribution in [0.25, 0.3) is 0 Å². The van der Waals surface area contributed by atoms with Gasteiger partial charge in [-0.2, -0.15) is 0 Å². The molecule has 108 valence electrons. The second-order valence-electron chi connectivity index (χ2n) is 4.70. The number of nitrogens with one attached hydrogen (secondary N) is 1. The van der Waals surface area contributed by atoms with Gasteiger partial charge in [-0.3, -0.25) is 9.59 Å². The highest BCUT2D eigenvalue weighted by Gasteiger charge is 2.10. The smallest absolute Gasteiger partial charge is 0.250 e. The van der Waals surface area contributed by atoms with Gasteiger partial charge >= 0.3 is 0 Å². The Morgan fingerprint density at radius 3 is 2.33 bits per heavy atom. The summed E-state index contributed by atoms with van der Waals surface area (Å²) in [7, 11) is 0. The molecule has 2 rings (SSSR count). The molecule has 0 aromatic heterocycles. The number of rotatable bonds is 5. The van der Waals surface area contributed by atoms with Gasteiger partial charge in [-0.05, 0) is 36.2 Å². The van der Waals surface area contributed by atoms with Gasteiger partial charge in [0.15, 0.2) is 0 Å². The lowest BCUT2D eigenvalue weighted by molar-refractivity contribution is -0.116. The van der Waals surface area contributed by atoms with Gasteiger partial charge in [0.2, 0.25) is 5.91 Å². The molecule has 2 amide bonds. The predicted molar refractivity (Wildman–Crippen MR) is 82.8 cm³/mol. The maximum absolute atomic E-state index is 11.9. The van der Waals surface area contributed by atoms with Crippen LogP contribution in [-0.2, 0) is 11.2 Å². The number of hydrogen-bond donors (Lipinski definition) is 3. The number of anilines is 2. The van der Waals surface area contributed by atoms with Crippen molar-refractivity contribution in [2.24, 2.45) is 5.73 Å². The zero-order valence-electron chi connectivity index (χ0n) is 11.5. The topological polar surface area (TPSA) is 98.2 Å². The minimum Gasteiger partial charge on any atom is -0.399 e. The van der Waals surface area contributed by atoms with Crippen LogP contribution in [0.4, 0.5) is 11.4 Å². The summed E-state index contributed by atoms with van der Waals surface area (Å²) in [5.74, 6) is -0.732. The van der Waals surface area contributed by atoms with Crippen LogP contribution in [0, 0.1) is 0 Å². The quantitative estimate of drug-likeness (QED) is 0.731. The number of nitrogen functional groups attached to an aromatic ring is 1. The summed E-state index contributed by atoms with van der Waals surface area (Å²) in [5, 5.41) is 2.71. The Balaban J connectivity index is 1.96. The average Bonchev–Trinajstić information content (AvgIpc) is 2.47. The van der Waals surface area contributed by atoms with Gasteiger partial charge in [-0.1, -0.05) is 24.3 Å². The lowest BCUT2D eigenvalue weighted by Gasteiger charge is -2.08. The van der Waals surface area contributed by atoms with Crippen molar-refractivity contribution >= 4 is 23.2 Å². The Kier molecular flexibility index (Phi) is 4.56. The van der Waals surface area contributed by atoms with E-state index in [0.717, 1.165) is 5.56 Å². The Bertz CT molecular complexity index is 651. The van der Waals surface area contributed by atoms with Gasteiger partial charge in [-0.15, -0.1) is 0 Å². The molecule has 0 saturated carbocycles. The second-order valence-corrected chi connectivity index (χ2v) is 4.70. The maximum Gasteiger partial charge on any atom is 0.250 e. The fraction of sp³-hybridized carbons (Fsp3) is 0.125. The average molecular weight is 283 g/mol. The van der Waals surface area contributed by atoms with Gasteiger partial charge < -0.3 is 16.8 Å². The molecule has 5 nitrogen and oxygen atoms in total. The normalized spacial score (nSPS) is 10.1. The van der Waals surface area contributed by atoms with E-state index in [0.29, 0.717) is 29.8 Å². The first-order valence-electron chi connectivity index (χ1n) is 6.59. The third-order valence-electron chi connectivity index (χ3n) is 3.09. The van der Waals surface area contributed by atoms with Crippen molar-refractivity contribution in [1.29, 1.82) is 0 Å². The van der Waals surface area contributed by atoms with Crippen molar-refractivity contribution in [1.82, 2.24) is 0 Å². The number of para-hydroxylation sites is 1. The van der Waals surface area contributed by atoms with Crippen LogP contribution in [0.2, 0.25) is 0 Å². The van der Waals surface area contributed by atoms with E-state index in [1.165, 1.54) is 0 Å². The van der Waals surface area contributed by atoms with Crippen molar-refractivity contribution in [3.63, 3.8) is 0 Å². The van der Waals surface area contributed by atoms with E-state index in [2.05, 4.69) is 5.32 Å². The molecule has 5 N–H and O–H groups in total. The SMILES string of the molecule is NC(=O)c1ccccc1NC(=O)CCc1ccc(N)cc1. The minimum atomic E-state index is -0.565. The van der Waals surface area contributed by atoms with Gasteiger partial charge in [0, 0.05) is 12.1 Å². The Morgan fingerprint density at radius 2 is 1.67 bits per heavy atom. The van der Waals surface area contributed by atoms with Crippen LogP contribution in [-0.4, -0.2) is 11.8 Å². The van der Waals surface area contributed by atoms with Crippen LogP contribution in [0.3, 0.4) is 0 Å². The van der Waals surface area contributed by atoms with Crippen LogP contribution in [0.5, 0.6) is 0 Å². The first-order valence-corrected chi connectivity index (χ1v) is 6.59. The number of nitrogens with two attached hydrogens (primary N) is 2. The molecular weight excluding hydrogens is 266 g/mol. The largest absolute Gasteiger partial charge is 0.399 e. The molecule has 0 spiro atoms. The number of carbonyl (C=O) groups is 2. The van der Waals surface area contributed by atoms with E-state index >= 15 is 0 Å². The predicted octanol–water partition coefficient (Wildman–Crippen LogP) is 1.94. The third-order valence-corrected chi connectivity index (χ3v) is 3.09. The highest BCUT2D eigenvalue weighted by molar-refractivity contribution is 6.02. The summed E-state index contributed by atoms with van der Waals surface area (Å²) >= 11 is 0. The molecule has 21 heavy (non-hydrogen) atoms. The molecule has 0 fully saturated rings. The Labute approximate surface area is 123 Å². The molecule has 0 atom stereocenters. The first-order chi connectivity index (χ1) is 10.1. The van der Waals surface area contributed by atoms with E-state index < -0.39 is 5.91 Å². The summed E-state index contributed by atoms with van der Waals surface area (Å²) in [5.41, 5.74) is 13.3. The fourth-order valence-electron chi connectivity index (χ4n) is 1.96. The van der Waals surface area contributed by atoms with E-state index in [9.17, 15) is 9.59 Å². The molecule has 0 unspecified atom stereocenters. The number of primary amides is 1. The lowest BCUT2D eigenvalue weighted by Crippen LogP contribution is -2.18. The molecular formula is C16H17N3O2. The molecule has 5 heteroatoms. The summed E-state index contributed by atoms with van der Waals surface area (Å²) in [6, 6.07) is 14.1. The van der Waals surface area contributed by atoms with Crippen LogP contribution < -0.4 is 16.8 Å². The zero-order valence-corrected chi connectivity index (χ0v) is 11.5. The fourth-order valence-corrected chi connectivity index (χ4v) is 1.96. The molecule has 0 bridgehead atoms. The van der Waals surface area contributed by atoms with Gasteiger partial charge in [0.1, 0.15) is 0 Å². The number of amides is 2. The number of hydrogen-bond acceptors (Lipinski definition) is 3. The molecule has 0 radical (unpaired) electrons. The number of carbonyl (C=O) groups excluding carboxylic acids is 2. The van der Waals surface area contributed by atoms with Gasteiger partial charge in [0.05, 0.1) is 11.3 Å². The minimum absolute atomic E-state index is 0.166. The highest BCUT2D eigenvalue weighted by Crippen LogP contribution is 2.15. The number of benzene rings is 2.